The molecule has 1 aliphatic carbocycles. The fourth-order valence-electron chi connectivity index (χ4n) is 1.87. The van der Waals surface area contributed by atoms with Gasteiger partial charge < -0.3 is 15.2 Å². The average molecular weight is 286 g/mol. The second kappa shape index (κ2) is 6.13. The molecule has 1 saturated carbocycles. The molecular formula is C13H16F2N2O3. The van der Waals surface area contributed by atoms with Gasteiger partial charge in [-0.3, -0.25) is 4.79 Å². The molecule has 110 valence electrons. The van der Waals surface area contributed by atoms with E-state index in [2.05, 4.69) is 10.3 Å². The van der Waals surface area contributed by atoms with Crippen molar-refractivity contribution in [3.63, 3.8) is 0 Å². The molecular weight excluding hydrogens is 270 g/mol. The zero-order valence-electron chi connectivity index (χ0n) is 10.8. The highest BCUT2D eigenvalue weighted by atomic mass is 19.3. The Morgan fingerprint density at radius 1 is 1.50 bits per heavy atom. The van der Waals surface area contributed by atoms with Gasteiger partial charge >= 0.3 is 0 Å². The van der Waals surface area contributed by atoms with Gasteiger partial charge in [0.05, 0.1) is 5.60 Å². The molecule has 2 N–H and O–H groups in total. The first kappa shape index (κ1) is 14.6. The minimum atomic E-state index is -2.60. The predicted octanol–water partition coefficient (Wildman–Crippen LogP) is 1.37. The predicted molar refractivity (Wildman–Crippen MR) is 66.9 cm³/mol. The highest BCUT2D eigenvalue weighted by molar-refractivity contribution is 5.92. The van der Waals surface area contributed by atoms with Crippen molar-refractivity contribution in [3.8, 4) is 5.88 Å². The van der Waals surface area contributed by atoms with Gasteiger partial charge in [0, 0.05) is 12.6 Å². The molecule has 1 aliphatic rings. The molecule has 0 saturated heterocycles. The summed E-state index contributed by atoms with van der Waals surface area (Å²) < 4.78 is 28.8. The Hall–Kier alpha value is -1.76. The summed E-state index contributed by atoms with van der Waals surface area (Å²) >= 11 is 0. The summed E-state index contributed by atoms with van der Waals surface area (Å²) in [5.41, 5.74) is -0.751. The van der Waals surface area contributed by atoms with Crippen molar-refractivity contribution in [3.05, 3.63) is 23.9 Å². The summed E-state index contributed by atoms with van der Waals surface area (Å²) in [6.07, 6.45) is -0.319. The van der Waals surface area contributed by atoms with Crippen LogP contribution >= 0.6 is 0 Å². The average Bonchev–Trinajstić information content (AvgIpc) is 2.40. The number of aliphatic hydroxyl groups is 1. The standard InChI is InChI=1S/C13H16F2N2O3/c14-10(15)7-20-11-4-1-3-9(17-11)12(18)16-8-13(19)5-2-6-13/h1,3-4,10,19H,2,5-8H2,(H,16,18). The maximum absolute atomic E-state index is 12.0. The first-order valence-electron chi connectivity index (χ1n) is 6.37. The van der Waals surface area contributed by atoms with Crippen LogP contribution in [0.4, 0.5) is 8.78 Å². The molecule has 1 amide bonds. The fraction of sp³-hybridized carbons (Fsp3) is 0.538. The zero-order chi connectivity index (χ0) is 14.6. The molecule has 1 fully saturated rings. The SMILES string of the molecule is O=C(NCC1(O)CCC1)c1cccc(OCC(F)F)n1. The van der Waals surface area contributed by atoms with Gasteiger partial charge in [-0.25, -0.2) is 13.8 Å². The number of alkyl halides is 2. The van der Waals surface area contributed by atoms with E-state index >= 15 is 0 Å². The third-order valence-corrected chi connectivity index (χ3v) is 3.18. The molecule has 0 aliphatic heterocycles. The number of carbonyl (C=O) groups excluding carboxylic acids is 1. The number of carbonyl (C=O) groups is 1. The Morgan fingerprint density at radius 3 is 2.85 bits per heavy atom. The molecule has 7 heteroatoms. The van der Waals surface area contributed by atoms with Crippen LogP contribution in [0.25, 0.3) is 0 Å². The van der Waals surface area contributed by atoms with Crippen LogP contribution in [0.3, 0.4) is 0 Å². The quantitative estimate of drug-likeness (QED) is 0.828. The molecule has 0 atom stereocenters. The Labute approximate surface area is 115 Å². The van der Waals surface area contributed by atoms with Crippen LogP contribution in [0.15, 0.2) is 18.2 Å². The second-order valence-electron chi connectivity index (χ2n) is 4.82. The monoisotopic (exact) mass is 286 g/mol. The van der Waals surface area contributed by atoms with Crippen molar-refractivity contribution in [1.82, 2.24) is 10.3 Å². The molecule has 5 nitrogen and oxygen atoms in total. The van der Waals surface area contributed by atoms with Crippen molar-refractivity contribution < 1.29 is 23.4 Å². The number of hydrogen-bond donors (Lipinski definition) is 2. The van der Waals surface area contributed by atoms with E-state index in [4.69, 9.17) is 4.74 Å². The Bertz CT molecular complexity index is 478. The van der Waals surface area contributed by atoms with Crippen molar-refractivity contribution in [2.45, 2.75) is 31.3 Å². The normalized spacial score (nSPS) is 16.6. The highest BCUT2D eigenvalue weighted by Gasteiger charge is 2.34. The van der Waals surface area contributed by atoms with Crippen LogP contribution in [0, 0.1) is 0 Å². The van der Waals surface area contributed by atoms with Gasteiger partial charge in [-0.2, -0.15) is 0 Å². The van der Waals surface area contributed by atoms with Gasteiger partial charge in [-0.15, -0.1) is 0 Å². The number of nitrogens with one attached hydrogen (secondary N) is 1. The molecule has 0 radical (unpaired) electrons. The van der Waals surface area contributed by atoms with Crippen molar-refractivity contribution in [1.29, 1.82) is 0 Å². The van der Waals surface area contributed by atoms with E-state index in [1.807, 2.05) is 0 Å². The lowest BCUT2D eigenvalue weighted by Gasteiger charge is -2.36. The largest absolute Gasteiger partial charge is 0.472 e. The minimum absolute atomic E-state index is 0.0275. The van der Waals surface area contributed by atoms with Crippen LogP contribution in [0.1, 0.15) is 29.8 Å². The number of pyridine rings is 1. The topological polar surface area (TPSA) is 71.5 Å². The van der Waals surface area contributed by atoms with Crippen LogP contribution in [-0.2, 0) is 0 Å². The molecule has 1 heterocycles. The van der Waals surface area contributed by atoms with E-state index in [1.54, 1.807) is 0 Å². The summed E-state index contributed by atoms with van der Waals surface area (Å²) in [6, 6.07) is 4.36. The second-order valence-corrected chi connectivity index (χ2v) is 4.82. The van der Waals surface area contributed by atoms with Gasteiger partial charge in [-0.1, -0.05) is 6.07 Å². The number of halogens is 2. The molecule has 0 aromatic carbocycles. The fourth-order valence-corrected chi connectivity index (χ4v) is 1.87. The first-order valence-corrected chi connectivity index (χ1v) is 6.37. The van der Waals surface area contributed by atoms with Gasteiger partial charge in [0.15, 0.2) is 6.61 Å². The first-order chi connectivity index (χ1) is 9.48. The molecule has 0 unspecified atom stereocenters. The third-order valence-electron chi connectivity index (χ3n) is 3.18. The third kappa shape index (κ3) is 3.86. The van der Waals surface area contributed by atoms with Crippen LogP contribution in [-0.4, -0.2) is 41.2 Å². The lowest BCUT2D eigenvalue weighted by Crippen LogP contribution is -2.47. The van der Waals surface area contributed by atoms with Crippen molar-refractivity contribution in [2.75, 3.05) is 13.2 Å². The zero-order valence-corrected chi connectivity index (χ0v) is 10.8. The number of rotatable bonds is 6. The van der Waals surface area contributed by atoms with Crippen molar-refractivity contribution in [2.24, 2.45) is 0 Å². The van der Waals surface area contributed by atoms with E-state index in [0.717, 1.165) is 6.42 Å². The number of aromatic nitrogens is 1. The Kier molecular flexibility index (Phi) is 4.49. The molecule has 1 aromatic rings. The summed E-state index contributed by atoms with van der Waals surface area (Å²) in [7, 11) is 0. The summed E-state index contributed by atoms with van der Waals surface area (Å²) in [5, 5.41) is 12.4. The van der Waals surface area contributed by atoms with E-state index < -0.39 is 24.5 Å². The maximum Gasteiger partial charge on any atom is 0.272 e. The number of ether oxygens (including phenoxy) is 1. The molecule has 1 aromatic heterocycles. The number of amides is 1. The Morgan fingerprint density at radius 2 is 2.25 bits per heavy atom. The van der Waals surface area contributed by atoms with E-state index in [9.17, 15) is 18.7 Å². The lowest BCUT2D eigenvalue weighted by molar-refractivity contribution is -0.0300. The smallest absolute Gasteiger partial charge is 0.272 e. The summed E-state index contributed by atoms with van der Waals surface area (Å²) in [4.78, 5) is 15.7. The molecule has 20 heavy (non-hydrogen) atoms. The van der Waals surface area contributed by atoms with Crippen LogP contribution < -0.4 is 10.1 Å². The van der Waals surface area contributed by atoms with Crippen molar-refractivity contribution >= 4 is 5.91 Å². The van der Waals surface area contributed by atoms with Gasteiger partial charge in [0.1, 0.15) is 5.69 Å². The number of nitrogens with zero attached hydrogens (tertiary/aromatic N) is 1. The number of hydrogen-bond acceptors (Lipinski definition) is 4. The molecule has 0 spiro atoms. The van der Waals surface area contributed by atoms with E-state index in [-0.39, 0.29) is 18.1 Å². The highest BCUT2D eigenvalue weighted by Crippen LogP contribution is 2.30. The van der Waals surface area contributed by atoms with Gasteiger partial charge in [-0.05, 0) is 25.3 Å². The van der Waals surface area contributed by atoms with Gasteiger partial charge in [0.25, 0.3) is 12.3 Å². The maximum atomic E-state index is 12.0. The van der Waals surface area contributed by atoms with Crippen LogP contribution in [0.2, 0.25) is 0 Å². The van der Waals surface area contributed by atoms with Crippen LogP contribution in [0.5, 0.6) is 5.88 Å². The lowest BCUT2D eigenvalue weighted by atomic mass is 9.80. The Balaban J connectivity index is 1.90. The van der Waals surface area contributed by atoms with Gasteiger partial charge in [0.2, 0.25) is 5.88 Å². The van der Waals surface area contributed by atoms with E-state index in [0.29, 0.717) is 12.8 Å². The van der Waals surface area contributed by atoms with E-state index in [1.165, 1.54) is 18.2 Å². The molecule has 2 rings (SSSR count). The minimum Gasteiger partial charge on any atom is -0.472 e. The summed E-state index contributed by atoms with van der Waals surface area (Å²) in [5.74, 6) is -0.492. The molecule has 0 bridgehead atoms. The summed E-state index contributed by atoms with van der Waals surface area (Å²) in [6.45, 7) is -0.604.